The van der Waals surface area contributed by atoms with Gasteiger partial charge in [0.25, 0.3) is 5.91 Å². The molecular formula is C18H16Br2N4O2. The predicted octanol–water partition coefficient (Wildman–Crippen LogP) is 4.36. The van der Waals surface area contributed by atoms with E-state index in [1.165, 1.54) is 6.21 Å². The lowest BCUT2D eigenvalue weighted by molar-refractivity contribution is 0.0955. The number of hydrogen-bond acceptors (Lipinski definition) is 4. The number of phenolic OH excluding ortho intramolecular Hbond substituents is 1. The average Bonchev–Trinajstić information content (AvgIpc) is 2.92. The van der Waals surface area contributed by atoms with Crippen molar-refractivity contribution in [1.29, 1.82) is 0 Å². The van der Waals surface area contributed by atoms with Crippen LogP contribution in [-0.2, 0) is 6.54 Å². The minimum Gasteiger partial charge on any atom is -0.506 e. The molecule has 0 bridgehead atoms. The molecule has 0 aliphatic carbocycles. The molecule has 1 amide bonds. The number of imidazole rings is 1. The number of fused-ring (bicyclic) bond motifs is 1. The molecule has 2 N–H and O–H groups in total. The summed E-state index contributed by atoms with van der Waals surface area (Å²) in [5.74, 6) is 0.613. The molecule has 1 heterocycles. The van der Waals surface area contributed by atoms with Gasteiger partial charge in [0, 0.05) is 22.1 Å². The van der Waals surface area contributed by atoms with Gasteiger partial charge in [-0.25, -0.2) is 10.4 Å². The standard InChI is InChI=1S/C18H16Br2N4O2/c1-3-24-10(2)22-15-7-11(4-5-16(15)24)18(26)23-21-9-12-6-13(19)8-14(20)17(12)25/h4-9,25H,3H2,1-2H3,(H,23,26). The van der Waals surface area contributed by atoms with E-state index in [2.05, 4.69) is 58.9 Å². The first kappa shape index (κ1) is 18.6. The number of amides is 1. The van der Waals surface area contributed by atoms with Gasteiger partial charge in [-0.2, -0.15) is 5.10 Å². The lowest BCUT2D eigenvalue weighted by Crippen LogP contribution is -2.17. The van der Waals surface area contributed by atoms with Crippen LogP contribution in [0.3, 0.4) is 0 Å². The van der Waals surface area contributed by atoms with Crippen LogP contribution in [0, 0.1) is 6.92 Å². The zero-order chi connectivity index (χ0) is 18.8. The number of nitrogens with zero attached hydrogens (tertiary/aromatic N) is 3. The third-order valence-electron chi connectivity index (χ3n) is 3.94. The number of aromatic hydroxyl groups is 1. The predicted molar refractivity (Wildman–Crippen MR) is 109 cm³/mol. The lowest BCUT2D eigenvalue weighted by Gasteiger charge is -2.04. The molecule has 0 aliphatic rings. The van der Waals surface area contributed by atoms with E-state index in [4.69, 9.17) is 0 Å². The van der Waals surface area contributed by atoms with Crippen LogP contribution in [0.15, 0.2) is 44.4 Å². The van der Waals surface area contributed by atoms with E-state index in [0.717, 1.165) is 27.9 Å². The topological polar surface area (TPSA) is 79.5 Å². The Hall–Kier alpha value is -2.19. The van der Waals surface area contributed by atoms with Crippen LogP contribution < -0.4 is 5.43 Å². The van der Waals surface area contributed by atoms with E-state index in [1.54, 1.807) is 24.3 Å². The zero-order valence-corrected chi connectivity index (χ0v) is 17.3. The number of phenols is 1. The number of carbonyl (C=O) groups excluding carboxylic acids is 1. The quantitative estimate of drug-likeness (QED) is 0.431. The molecule has 0 spiro atoms. The van der Waals surface area contributed by atoms with Crippen LogP contribution in [0.2, 0.25) is 0 Å². The largest absolute Gasteiger partial charge is 0.506 e. The number of hydrazone groups is 1. The Labute approximate surface area is 167 Å². The highest BCUT2D eigenvalue weighted by Crippen LogP contribution is 2.30. The summed E-state index contributed by atoms with van der Waals surface area (Å²) in [5.41, 5.74) is 5.17. The molecule has 2 aromatic carbocycles. The SMILES string of the molecule is CCn1c(C)nc2cc(C(=O)NN=Cc3cc(Br)cc(Br)c3O)ccc21. The molecule has 0 saturated heterocycles. The van der Waals surface area contributed by atoms with Crippen molar-refractivity contribution < 1.29 is 9.90 Å². The van der Waals surface area contributed by atoms with Gasteiger partial charge >= 0.3 is 0 Å². The normalized spacial score (nSPS) is 11.4. The molecule has 134 valence electrons. The average molecular weight is 480 g/mol. The van der Waals surface area contributed by atoms with Gasteiger partial charge in [0.1, 0.15) is 11.6 Å². The Morgan fingerprint density at radius 1 is 1.35 bits per heavy atom. The second-order valence-electron chi connectivity index (χ2n) is 5.63. The van der Waals surface area contributed by atoms with Crippen molar-refractivity contribution >= 4 is 55.0 Å². The molecule has 8 heteroatoms. The van der Waals surface area contributed by atoms with Crippen LogP contribution in [0.4, 0.5) is 0 Å². The van der Waals surface area contributed by atoms with Gasteiger partial charge in [0.15, 0.2) is 0 Å². The molecule has 0 fully saturated rings. The summed E-state index contributed by atoms with van der Waals surface area (Å²) in [5, 5.41) is 13.9. The summed E-state index contributed by atoms with van der Waals surface area (Å²) in [6.45, 7) is 4.82. The van der Waals surface area contributed by atoms with E-state index >= 15 is 0 Å². The van der Waals surface area contributed by atoms with Crippen molar-refractivity contribution in [3.8, 4) is 5.75 Å². The first-order valence-electron chi connectivity index (χ1n) is 7.89. The first-order valence-corrected chi connectivity index (χ1v) is 9.47. The van der Waals surface area contributed by atoms with Crippen molar-refractivity contribution in [1.82, 2.24) is 15.0 Å². The van der Waals surface area contributed by atoms with Crippen molar-refractivity contribution in [3.05, 3.63) is 56.2 Å². The van der Waals surface area contributed by atoms with E-state index in [-0.39, 0.29) is 11.7 Å². The Bertz CT molecular complexity index is 1030. The molecule has 1 aromatic heterocycles. The number of nitrogens with one attached hydrogen (secondary N) is 1. The molecule has 0 unspecified atom stereocenters. The van der Waals surface area contributed by atoms with Crippen molar-refractivity contribution in [2.24, 2.45) is 5.10 Å². The molecule has 26 heavy (non-hydrogen) atoms. The second-order valence-corrected chi connectivity index (χ2v) is 7.40. The Morgan fingerprint density at radius 3 is 2.85 bits per heavy atom. The second kappa shape index (κ2) is 7.59. The molecule has 0 aliphatic heterocycles. The number of aryl methyl sites for hydroxylation is 2. The van der Waals surface area contributed by atoms with Crippen LogP contribution in [-0.4, -0.2) is 26.8 Å². The molecule has 6 nitrogen and oxygen atoms in total. The van der Waals surface area contributed by atoms with Gasteiger partial charge in [0.2, 0.25) is 0 Å². The van der Waals surface area contributed by atoms with Crippen LogP contribution in [0.5, 0.6) is 5.75 Å². The van der Waals surface area contributed by atoms with Crippen molar-refractivity contribution in [2.45, 2.75) is 20.4 Å². The Balaban J connectivity index is 1.79. The van der Waals surface area contributed by atoms with E-state index in [1.807, 2.05) is 13.0 Å². The van der Waals surface area contributed by atoms with E-state index in [0.29, 0.717) is 15.6 Å². The fourth-order valence-electron chi connectivity index (χ4n) is 2.70. The first-order chi connectivity index (χ1) is 12.4. The Morgan fingerprint density at radius 2 is 2.12 bits per heavy atom. The van der Waals surface area contributed by atoms with Crippen LogP contribution >= 0.6 is 31.9 Å². The summed E-state index contributed by atoms with van der Waals surface area (Å²) in [7, 11) is 0. The monoisotopic (exact) mass is 478 g/mol. The highest BCUT2D eigenvalue weighted by Gasteiger charge is 2.11. The van der Waals surface area contributed by atoms with E-state index in [9.17, 15) is 9.90 Å². The summed E-state index contributed by atoms with van der Waals surface area (Å²) < 4.78 is 3.40. The maximum Gasteiger partial charge on any atom is 0.271 e. The summed E-state index contributed by atoms with van der Waals surface area (Å²) in [4.78, 5) is 16.8. The highest BCUT2D eigenvalue weighted by atomic mass is 79.9. The fraction of sp³-hybridized carbons (Fsp3) is 0.167. The van der Waals surface area contributed by atoms with Crippen LogP contribution in [0.1, 0.15) is 28.7 Å². The summed E-state index contributed by atoms with van der Waals surface area (Å²) in [6, 6.07) is 8.79. The van der Waals surface area contributed by atoms with Gasteiger partial charge in [-0.1, -0.05) is 15.9 Å². The fourth-order valence-corrected chi connectivity index (χ4v) is 3.96. The highest BCUT2D eigenvalue weighted by molar-refractivity contribution is 9.11. The molecule has 0 saturated carbocycles. The molecule has 0 atom stereocenters. The van der Waals surface area contributed by atoms with Crippen LogP contribution in [0.25, 0.3) is 11.0 Å². The minimum atomic E-state index is -0.347. The lowest BCUT2D eigenvalue weighted by atomic mass is 10.2. The number of carbonyl (C=O) groups is 1. The number of halogens is 2. The summed E-state index contributed by atoms with van der Waals surface area (Å²) in [6.07, 6.45) is 1.39. The number of hydrogen-bond donors (Lipinski definition) is 2. The van der Waals surface area contributed by atoms with Gasteiger partial charge in [0.05, 0.1) is 21.7 Å². The van der Waals surface area contributed by atoms with Gasteiger partial charge in [-0.05, 0) is 60.1 Å². The smallest absolute Gasteiger partial charge is 0.271 e. The third kappa shape index (κ3) is 3.66. The maximum atomic E-state index is 12.3. The number of aromatic nitrogens is 2. The summed E-state index contributed by atoms with van der Waals surface area (Å²) >= 11 is 6.60. The number of benzene rings is 2. The molecular weight excluding hydrogens is 464 g/mol. The minimum absolute atomic E-state index is 0.0493. The van der Waals surface area contributed by atoms with Gasteiger partial charge < -0.3 is 9.67 Å². The maximum absolute atomic E-state index is 12.3. The van der Waals surface area contributed by atoms with Crippen molar-refractivity contribution in [3.63, 3.8) is 0 Å². The number of rotatable bonds is 4. The zero-order valence-electron chi connectivity index (χ0n) is 14.1. The molecule has 3 aromatic rings. The molecule has 0 radical (unpaired) electrons. The van der Waals surface area contributed by atoms with Crippen molar-refractivity contribution in [2.75, 3.05) is 0 Å². The molecule has 3 rings (SSSR count). The van der Waals surface area contributed by atoms with Gasteiger partial charge in [-0.15, -0.1) is 0 Å². The Kier molecular flexibility index (Phi) is 5.43. The third-order valence-corrected chi connectivity index (χ3v) is 5.01. The van der Waals surface area contributed by atoms with Gasteiger partial charge in [-0.3, -0.25) is 4.79 Å². The van der Waals surface area contributed by atoms with E-state index < -0.39 is 0 Å².